The van der Waals surface area contributed by atoms with Crippen LogP contribution in [-0.4, -0.2) is 11.2 Å². The molecule has 0 aliphatic carbocycles. The molecule has 1 N–H and O–H groups in total. The fraction of sp³-hybridized carbons (Fsp3) is 0.188. The molecule has 0 heterocycles. The molecule has 1 amide bonds. The Morgan fingerprint density at radius 2 is 1.95 bits per heavy atom. The topological polar surface area (TPSA) is 29.1 Å². The quantitative estimate of drug-likeness (QED) is 0.806. The highest BCUT2D eigenvalue weighted by Gasteiger charge is 2.14. The van der Waals surface area contributed by atoms with E-state index in [0.29, 0.717) is 15.9 Å². The Morgan fingerprint density at radius 3 is 2.55 bits per heavy atom. The molecule has 0 saturated heterocycles. The second-order valence-electron chi connectivity index (χ2n) is 4.55. The first kappa shape index (κ1) is 15.1. The molecule has 0 bridgehead atoms. The summed E-state index contributed by atoms with van der Waals surface area (Å²) in [5.41, 5.74) is 2.60. The third-order valence-electron chi connectivity index (χ3n) is 3.10. The third kappa shape index (κ3) is 3.62. The fourth-order valence-electron chi connectivity index (χ4n) is 1.87. The Morgan fingerprint density at radius 1 is 1.25 bits per heavy atom. The van der Waals surface area contributed by atoms with Crippen LogP contribution in [-0.2, 0) is 0 Å². The van der Waals surface area contributed by atoms with Crippen LogP contribution in [0, 0.1) is 6.92 Å². The van der Waals surface area contributed by atoms with Crippen LogP contribution in [0.15, 0.2) is 48.5 Å². The van der Waals surface area contributed by atoms with Crippen molar-refractivity contribution in [2.45, 2.75) is 13.0 Å². The van der Waals surface area contributed by atoms with E-state index in [1.807, 2.05) is 43.3 Å². The normalized spacial score (nSPS) is 11.9. The predicted octanol–water partition coefficient (Wildman–Crippen LogP) is 4.51. The van der Waals surface area contributed by atoms with Crippen molar-refractivity contribution in [1.29, 1.82) is 0 Å². The molecule has 0 fully saturated rings. The van der Waals surface area contributed by atoms with Crippen LogP contribution in [0.4, 0.5) is 0 Å². The van der Waals surface area contributed by atoms with Gasteiger partial charge in [-0.25, -0.2) is 0 Å². The second kappa shape index (κ2) is 6.91. The van der Waals surface area contributed by atoms with Crippen LogP contribution < -0.4 is 5.32 Å². The molecule has 0 spiro atoms. The van der Waals surface area contributed by atoms with Gasteiger partial charge in [0.2, 0.25) is 0 Å². The van der Waals surface area contributed by atoms with E-state index in [-0.39, 0.29) is 11.9 Å². The maximum absolute atomic E-state index is 12.3. The lowest BCUT2D eigenvalue weighted by atomic mass is 10.1. The minimum atomic E-state index is -0.125. The summed E-state index contributed by atoms with van der Waals surface area (Å²) in [6.07, 6.45) is 0. The van der Waals surface area contributed by atoms with E-state index < -0.39 is 0 Å². The Labute approximate surface area is 132 Å². The van der Waals surface area contributed by atoms with E-state index in [0.717, 1.165) is 11.1 Å². The van der Waals surface area contributed by atoms with E-state index in [1.54, 1.807) is 12.1 Å². The molecule has 2 nitrogen and oxygen atoms in total. The highest BCUT2D eigenvalue weighted by atomic mass is 79.9. The molecule has 1 unspecified atom stereocenters. The Kier molecular flexibility index (Phi) is 5.21. The molecular formula is C16H15BrClNO. The SMILES string of the molecule is Cc1ccc(C(=O)NC(CBr)c2ccccc2)cc1Cl. The van der Waals surface area contributed by atoms with Gasteiger partial charge in [0.1, 0.15) is 0 Å². The maximum atomic E-state index is 12.3. The van der Waals surface area contributed by atoms with Crippen molar-refractivity contribution < 1.29 is 4.79 Å². The molecule has 0 aliphatic heterocycles. The number of carbonyl (C=O) groups is 1. The Bertz CT molecular complexity index is 601. The number of carbonyl (C=O) groups excluding carboxylic acids is 1. The van der Waals surface area contributed by atoms with Gasteiger partial charge in [-0.05, 0) is 30.2 Å². The van der Waals surface area contributed by atoms with Gasteiger partial charge in [-0.3, -0.25) is 4.79 Å². The summed E-state index contributed by atoms with van der Waals surface area (Å²) in [5.74, 6) is -0.125. The fourth-order valence-corrected chi connectivity index (χ4v) is 2.59. The lowest BCUT2D eigenvalue weighted by Crippen LogP contribution is -2.29. The summed E-state index contributed by atoms with van der Waals surface area (Å²) in [5, 5.41) is 4.26. The van der Waals surface area contributed by atoms with E-state index in [9.17, 15) is 4.79 Å². The van der Waals surface area contributed by atoms with Gasteiger partial charge >= 0.3 is 0 Å². The number of nitrogens with one attached hydrogen (secondary N) is 1. The van der Waals surface area contributed by atoms with Crippen LogP contribution in [0.2, 0.25) is 5.02 Å². The molecule has 104 valence electrons. The van der Waals surface area contributed by atoms with Gasteiger partial charge in [0, 0.05) is 15.9 Å². The zero-order valence-electron chi connectivity index (χ0n) is 11.1. The third-order valence-corrected chi connectivity index (χ3v) is 4.15. The minimum absolute atomic E-state index is 0.0659. The van der Waals surface area contributed by atoms with Crippen molar-refractivity contribution in [3.8, 4) is 0 Å². The van der Waals surface area contributed by atoms with Gasteiger partial charge < -0.3 is 5.32 Å². The first-order valence-corrected chi connectivity index (χ1v) is 7.79. The van der Waals surface area contributed by atoms with E-state index in [4.69, 9.17) is 11.6 Å². The summed E-state index contributed by atoms with van der Waals surface area (Å²) in [6, 6.07) is 15.1. The Hall–Kier alpha value is -1.32. The summed E-state index contributed by atoms with van der Waals surface area (Å²) in [6.45, 7) is 1.91. The molecule has 20 heavy (non-hydrogen) atoms. The number of hydrogen-bond acceptors (Lipinski definition) is 1. The molecule has 2 aromatic rings. The van der Waals surface area contributed by atoms with Gasteiger partial charge in [-0.2, -0.15) is 0 Å². The number of aryl methyl sites for hydroxylation is 1. The van der Waals surface area contributed by atoms with Crippen molar-refractivity contribution in [2.75, 3.05) is 5.33 Å². The molecular weight excluding hydrogens is 338 g/mol. The number of rotatable bonds is 4. The highest BCUT2D eigenvalue weighted by Crippen LogP contribution is 2.19. The number of hydrogen-bond donors (Lipinski definition) is 1. The maximum Gasteiger partial charge on any atom is 0.251 e. The molecule has 0 aromatic heterocycles. The van der Waals surface area contributed by atoms with Gasteiger partial charge in [0.05, 0.1) is 6.04 Å². The molecule has 0 aliphatic rings. The molecule has 4 heteroatoms. The monoisotopic (exact) mass is 351 g/mol. The van der Waals surface area contributed by atoms with Crippen LogP contribution in [0.3, 0.4) is 0 Å². The summed E-state index contributed by atoms with van der Waals surface area (Å²) >= 11 is 9.49. The Balaban J connectivity index is 2.15. The molecule has 2 aromatic carbocycles. The lowest BCUT2D eigenvalue weighted by Gasteiger charge is -2.17. The number of alkyl halides is 1. The average Bonchev–Trinajstić information content (AvgIpc) is 2.48. The zero-order valence-corrected chi connectivity index (χ0v) is 13.4. The van der Waals surface area contributed by atoms with E-state index >= 15 is 0 Å². The van der Waals surface area contributed by atoms with Crippen molar-refractivity contribution >= 4 is 33.4 Å². The smallest absolute Gasteiger partial charge is 0.251 e. The van der Waals surface area contributed by atoms with Crippen molar-refractivity contribution in [3.63, 3.8) is 0 Å². The molecule has 1 atom stereocenters. The number of halogens is 2. The van der Waals surface area contributed by atoms with Crippen molar-refractivity contribution in [3.05, 3.63) is 70.2 Å². The van der Waals surface area contributed by atoms with Crippen molar-refractivity contribution in [2.24, 2.45) is 0 Å². The van der Waals surface area contributed by atoms with Gasteiger partial charge in [0.15, 0.2) is 0 Å². The second-order valence-corrected chi connectivity index (χ2v) is 5.61. The average molecular weight is 353 g/mol. The minimum Gasteiger partial charge on any atom is -0.344 e. The summed E-state index contributed by atoms with van der Waals surface area (Å²) in [7, 11) is 0. The van der Waals surface area contributed by atoms with Crippen LogP contribution in [0.5, 0.6) is 0 Å². The zero-order chi connectivity index (χ0) is 14.5. The number of benzene rings is 2. The van der Waals surface area contributed by atoms with Crippen LogP contribution in [0.25, 0.3) is 0 Å². The van der Waals surface area contributed by atoms with Crippen LogP contribution >= 0.6 is 27.5 Å². The molecule has 2 rings (SSSR count). The van der Waals surface area contributed by atoms with Gasteiger partial charge in [0.25, 0.3) is 5.91 Å². The standard InChI is InChI=1S/C16H15BrClNO/c1-11-7-8-13(9-14(11)18)16(20)19-15(10-17)12-5-3-2-4-6-12/h2-9,15H,10H2,1H3,(H,19,20). The number of amides is 1. The van der Waals surface area contributed by atoms with Crippen LogP contribution in [0.1, 0.15) is 27.5 Å². The van der Waals surface area contributed by atoms with Crippen molar-refractivity contribution in [1.82, 2.24) is 5.32 Å². The molecule has 0 saturated carbocycles. The highest BCUT2D eigenvalue weighted by molar-refractivity contribution is 9.09. The summed E-state index contributed by atoms with van der Waals surface area (Å²) in [4.78, 5) is 12.3. The molecule has 0 radical (unpaired) electrons. The first-order valence-electron chi connectivity index (χ1n) is 6.29. The van der Waals surface area contributed by atoms with Gasteiger partial charge in [-0.1, -0.05) is 63.9 Å². The largest absolute Gasteiger partial charge is 0.344 e. The van der Waals surface area contributed by atoms with Gasteiger partial charge in [-0.15, -0.1) is 0 Å². The first-order chi connectivity index (χ1) is 9.61. The lowest BCUT2D eigenvalue weighted by molar-refractivity contribution is 0.0941. The van der Waals surface area contributed by atoms with E-state index in [2.05, 4.69) is 21.2 Å². The summed E-state index contributed by atoms with van der Waals surface area (Å²) < 4.78 is 0. The predicted molar refractivity (Wildman–Crippen MR) is 86.6 cm³/mol. The van der Waals surface area contributed by atoms with E-state index in [1.165, 1.54) is 0 Å².